The monoisotopic (exact) mass is 304 g/mol. The Hall–Kier alpha value is -2.34. The van der Waals surface area contributed by atoms with Crippen LogP contribution in [0.15, 0.2) is 60.7 Å². The normalized spacial score (nSPS) is 12.4. The first kappa shape index (κ1) is 15.1. The predicted octanol–water partition coefficient (Wildman–Crippen LogP) is 1.92. The van der Waals surface area contributed by atoms with Crippen LogP contribution in [0.25, 0.3) is 0 Å². The summed E-state index contributed by atoms with van der Waals surface area (Å²) in [6, 6.07) is 17.4. The first-order chi connectivity index (χ1) is 9.98. The van der Waals surface area contributed by atoms with Crippen molar-refractivity contribution in [1.82, 2.24) is 5.43 Å². The number of amides is 1. The molecule has 2 aromatic carbocycles. The van der Waals surface area contributed by atoms with Crippen molar-refractivity contribution in [3.05, 3.63) is 66.2 Å². The Morgan fingerprint density at radius 1 is 0.952 bits per heavy atom. The van der Waals surface area contributed by atoms with Crippen LogP contribution in [0.5, 0.6) is 0 Å². The minimum absolute atomic E-state index is 0.437. The van der Waals surface area contributed by atoms with Crippen LogP contribution < -0.4 is 10.9 Å². The molecule has 0 aliphatic heterocycles. The van der Waals surface area contributed by atoms with E-state index in [1.54, 1.807) is 54.6 Å². The van der Waals surface area contributed by atoms with E-state index in [9.17, 15) is 13.2 Å². The minimum Gasteiger partial charge on any atom is -0.299 e. The molecule has 0 radical (unpaired) electrons. The van der Waals surface area contributed by atoms with Crippen molar-refractivity contribution in [3.8, 4) is 0 Å². The van der Waals surface area contributed by atoms with Gasteiger partial charge in [-0.05, 0) is 17.7 Å². The topological polar surface area (TPSA) is 75.3 Å². The highest BCUT2D eigenvalue weighted by atomic mass is 32.2. The molecule has 0 aromatic heterocycles. The molecule has 110 valence electrons. The van der Waals surface area contributed by atoms with Crippen molar-refractivity contribution in [3.63, 3.8) is 0 Å². The Morgan fingerprint density at radius 3 is 2.00 bits per heavy atom. The highest BCUT2D eigenvalue weighted by Gasteiger charge is 2.30. The molecule has 1 amide bonds. The lowest BCUT2D eigenvalue weighted by Crippen LogP contribution is -2.37. The van der Waals surface area contributed by atoms with Crippen molar-refractivity contribution >= 4 is 21.4 Å². The number of hydrogen-bond donors (Lipinski definition) is 2. The first-order valence-corrected chi connectivity index (χ1v) is 8.28. The van der Waals surface area contributed by atoms with Gasteiger partial charge in [0.15, 0.2) is 15.1 Å². The molecular formula is C15H16N2O3S. The summed E-state index contributed by atoms with van der Waals surface area (Å²) < 4.78 is 23.8. The summed E-state index contributed by atoms with van der Waals surface area (Å²) in [6.45, 7) is 0. The molecule has 0 saturated carbocycles. The molecule has 0 heterocycles. The van der Waals surface area contributed by atoms with Gasteiger partial charge in [-0.3, -0.25) is 15.6 Å². The molecule has 0 aliphatic carbocycles. The third kappa shape index (κ3) is 4.06. The number of anilines is 1. The van der Waals surface area contributed by atoms with Gasteiger partial charge in [0.1, 0.15) is 0 Å². The van der Waals surface area contributed by atoms with Crippen LogP contribution in [0, 0.1) is 0 Å². The van der Waals surface area contributed by atoms with Crippen LogP contribution in [-0.4, -0.2) is 20.6 Å². The summed E-state index contributed by atoms with van der Waals surface area (Å²) >= 11 is 0. The Morgan fingerprint density at radius 2 is 1.48 bits per heavy atom. The zero-order valence-electron chi connectivity index (χ0n) is 11.5. The summed E-state index contributed by atoms with van der Waals surface area (Å²) in [4.78, 5) is 12.2. The third-order valence-corrected chi connectivity index (χ3v) is 4.21. The van der Waals surface area contributed by atoms with E-state index in [2.05, 4.69) is 10.9 Å². The number of carbonyl (C=O) groups excluding carboxylic acids is 1. The van der Waals surface area contributed by atoms with Gasteiger partial charge in [0, 0.05) is 6.26 Å². The molecule has 0 fully saturated rings. The quantitative estimate of drug-likeness (QED) is 0.828. The molecule has 1 unspecified atom stereocenters. The van der Waals surface area contributed by atoms with E-state index < -0.39 is 21.0 Å². The van der Waals surface area contributed by atoms with E-state index in [4.69, 9.17) is 0 Å². The summed E-state index contributed by atoms with van der Waals surface area (Å²) in [5.74, 6) is -0.618. The van der Waals surface area contributed by atoms with E-state index in [0.29, 0.717) is 11.3 Å². The van der Waals surface area contributed by atoms with Crippen LogP contribution in [0.1, 0.15) is 10.8 Å². The van der Waals surface area contributed by atoms with Gasteiger partial charge in [0.25, 0.3) is 5.91 Å². The van der Waals surface area contributed by atoms with Crippen molar-refractivity contribution in [2.24, 2.45) is 0 Å². The molecule has 0 bridgehead atoms. The number of nitrogens with one attached hydrogen (secondary N) is 2. The van der Waals surface area contributed by atoms with Gasteiger partial charge in [0.2, 0.25) is 0 Å². The fourth-order valence-electron chi connectivity index (χ4n) is 1.94. The molecule has 1 atom stereocenters. The fourth-order valence-corrected chi connectivity index (χ4v) is 3.04. The van der Waals surface area contributed by atoms with Crippen molar-refractivity contribution in [1.29, 1.82) is 0 Å². The van der Waals surface area contributed by atoms with Gasteiger partial charge in [-0.1, -0.05) is 48.5 Å². The molecule has 0 spiro atoms. The molecular weight excluding hydrogens is 288 g/mol. The fraction of sp³-hybridized carbons (Fsp3) is 0.133. The van der Waals surface area contributed by atoms with E-state index >= 15 is 0 Å². The second kappa shape index (κ2) is 6.41. The molecule has 5 nitrogen and oxygen atoms in total. The van der Waals surface area contributed by atoms with Crippen molar-refractivity contribution in [2.45, 2.75) is 5.25 Å². The molecule has 2 aromatic rings. The van der Waals surface area contributed by atoms with Crippen molar-refractivity contribution in [2.75, 3.05) is 11.7 Å². The molecule has 2 N–H and O–H groups in total. The maximum Gasteiger partial charge on any atom is 0.261 e. The van der Waals surface area contributed by atoms with E-state index in [-0.39, 0.29) is 0 Å². The minimum atomic E-state index is -3.57. The number of sulfone groups is 1. The molecule has 2 rings (SSSR count). The first-order valence-electron chi connectivity index (χ1n) is 6.33. The Kier molecular flexibility index (Phi) is 4.59. The Labute approximate surface area is 123 Å². The largest absolute Gasteiger partial charge is 0.299 e. The summed E-state index contributed by atoms with van der Waals surface area (Å²) in [6.07, 6.45) is 1.05. The zero-order valence-corrected chi connectivity index (χ0v) is 12.3. The van der Waals surface area contributed by atoms with E-state index in [0.717, 1.165) is 6.26 Å². The van der Waals surface area contributed by atoms with E-state index in [1.165, 1.54) is 0 Å². The average molecular weight is 304 g/mol. The zero-order chi connectivity index (χ0) is 15.3. The number of hydrazine groups is 1. The highest BCUT2D eigenvalue weighted by Crippen LogP contribution is 2.21. The van der Waals surface area contributed by atoms with Crippen LogP contribution in [-0.2, 0) is 14.6 Å². The van der Waals surface area contributed by atoms with Crippen molar-refractivity contribution < 1.29 is 13.2 Å². The third-order valence-electron chi connectivity index (χ3n) is 2.87. The van der Waals surface area contributed by atoms with Crippen LogP contribution in [0.3, 0.4) is 0 Å². The Balaban J connectivity index is 2.17. The Bertz CT molecular complexity index is 700. The maximum atomic E-state index is 12.2. The lowest BCUT2D eigenvalue weighted by atomic mass is 10.1. The van der Waals surface area contributed by atoms with Gasteiger partial charge in [-0.2, -0.15) is 0 Å². The SMILES string of the molecule is CS(=O)(=O)C(C(=O)NNc1ccccc1)c1ccccc1. The van der Waals surface area contributed by atoms with Crippen LogP contribution >= 0.6 is 0 Å². The molecule has 0 saturated heterocycles. The van der Waals surface area contributed by atoms with Gasteiger partial charge in [-0.25, -0.2) is 8.42 Å². The van der Waals surface area contributed by atoms with Crippen LogP contribution in [0.2, 0.25) is 0 Å². The highest BCUT2D eigenvalue weighted by molar-refractivity contribution is 7.91. The van der Waals surface area contributed by atoms with Gasteiger partial charge >= 0.3 is 0 Å². The summed E-state index contributed by atoms with van der Waals surface area (Å²) in [5.41, 5.74) is 6.25. The number of carbonyl (C=O) groups is 1. The summed E-state index contributed by atoms with van der Waals surface area (Å²) in [5, 5.41) is -1.24. The smallest absolute Gasteiger partial charge is 0.261 e. The standard InChI is InChI=1S/C15H16N2O3S/c1-21(19,20)14(12-8-4-2-5-9-12)15(18)17-16-13-10-6-3-7-11-13/h2-11,14,16H,1H3,(H,17,18). The average Bonchev–Trinajstić information content (AvgIpc) is 2.46. The lowest BCUT2D eigenvalue weighted by molar-refractivity contribution is -0.120. The number of para-hydroxylation sites is 1. The van der Waals surface area contributed by atoms with E-state index in [1.807, 2.05) is 6.07 Å². The van der Waals surface area contributed by atoms with Gasteiger partial charge in [-0.15, -0.1) is 0 Å². The molecule has 6 heteroatoms. The van der Waals surface area contributed by atoms with Gasteiger partial charge in [0.05, 0.1) is 5.69 Å². The predicted molar refractivity (Wildman–Crippen MR) is 82.2 cm³/mol. The number of rotatable bonds is 5. The van der Waals surface area contributed by atoms with Crippen LogP contribution in [0.4, 0.5) is 5.69 Å². The second-order valence-electron chi connectivity index (χ2n) is 4.60. The lowest BCUT2D eigenvalue weighted by Gasteiger charge is -2.16. The maximum absolute atomic E-state index is 12.2. The number of benzene rings is 2. The number of hydrogen-bond acceptors (Lipinski definition) is 4. The molecule has 21 heavy (non-hydrogen) atoms. The molecule has 0 aliphatic rings. The van der Waals surface area contributed by atoms with Gasteiger partial charge < -0.3 is 0 Å². The second-order valence-corrected chi connectivity index (χ2v) is 6.73. The summed E-state index contributed by atoms with van der Waals surface area (Å²) in [7, 11) is -3.57.